The molecule has 0 unspecified atom stereocenters. The van der Waals surface area contributed by atoms with Gasteiger partial charge in [0.25, 0.3) is 10.0 Å². The molecular formula is C16H21N3O5S. The molecule has 1 aromatic carbocycles. The van der Waals surface area contributed by atoms with Crippen LogP contribution in [0, 0.1) is 0 Å². The first-order valence-electron chi connectivity index (χ1n) is 7.44. The number of aromatic nitrogens is 1. The normalized spacial score (nSPS) is 11.0. The maximum Gasteiger partial charge on any atom is 0.262 e. The molecule has 0 radical (unpaired) electrons. The minimum absolute atomic E-state index is 0.0625. The van der Waals surface area contributed by atoms with Crippen LogP contribution < -0.4 is 19.5 Å². The summed E-state index contributed by atoms with van der Waals surface area (Å²) in [6.07, 6.45) is 1.44. The van der Waals surface area contributed by atoms with Gasteiger partial charge in [0, 0.05) is 19.7 Å². The topological polar surface area (TPSA) is 98.8 Å². The molecule has 8 nitrogen and oxygen atoms in total. The molecule has 0 saturated heterocycles. The Bertz CT molecular complexity index is 794. The molecule has 1 heterocycles. The molecule has 0 aliphatic carbocycles. The van der Waals surface area contributed by atoms with Gasteiger partial charge in [-0.15, -0.1) is 0 Å². The fourth-order valence-corrected chi connectivity index (χ4v) is 3.10. The van der Waals surface area contributed by atoms with E-state index >= 15 is 0 Å². The van der Waals surface area contributed by atoms with Gasteiger partial charge in [0.05, 0.1) is 37.6 Å². The van der Waals surface area contributed by atoms with Crippen molar-refractivity contribution in [1.82, 2.24) is 4.98 Å². The first-order chi connectivity index (χ1) is 12.0. The number of anilines is 2. The van der Waals surface area contributed by atoms with E-state index < -0.39 is 10.0 Å². The lowest BCUT2D eigenvalue weighted by Crippen LogP contribution is -2.14. The number of methoxy groups -OCH3 is 3. The third-order valence-corrected chi connectivity index (χ3v) is 4.67. The first kappa shape index (κ1) is 18.8. The van der Waals surface area contributed by atoms with Crippen molar-refractivity contribution in [3.05, 3.63) is 36.5 Å². The van der Waals surface area contributed by atoms with Gasteiger partial charge in [0.1, 0.15) is 5.82 Å². The zero-order valence-corrected chi connectivity index (χ0v) is 15.1. The number of hydrogen-bond donors (Lipinski definition) is 2. The van der Waals surface area contributed by atoms with Crippen LogP contribution >= 0.6 is 0 Å². The predicted molar refractivity (Wildman–Crippen MR) is 95.0 cm³/mol. The summed E-state index contributed by atoms with van der Waals surface area (Å²) in [5, 5.41) is 3.05. The van der Waals surface area contributed by atoms with E-state index in [0.29, 0.717) is 36.2 Å². The van der Waals surface area contributed by atoms with Crippen LogP contribution in [0.5, 0.6) is 11.5 Å². The quantitative estimate of drug-likeness (QED) is 0.654. The van der Waals surface area contributed by atoms with Crippen molar-refractivity contribution in [3.63, 3.8) is 0 Å². The lowest BCUT2D eigenvalue weighted by molar-refractivity contribution is 0.210. The van der Waals surface area contributed by atoms with Crippen LogP contribution in [-0.4, -0.2) is 47.9 Å². The highest BCUT2D eigenvalue weighted by atomic mass is 32.2. The highest BCUT2D eigenvalue weighted by Gasteiger charge is 2.17. The Morgan fingerprint density at radius 1 is 1.04 bits per heavy atom. The molecule has 0 atom stereocenters. The SMILES string of the molecule is COCCNc1ccc(NS(=O)(=O)c2ccc(OC)c(OC)c2)cn1. The molecule has 2 aromatic rings. The first-order valence-corrected chi connectivity index (χ1v) is 8.92. The molecule has 0 bridgehead atoms. The molecule has 136 valence electrons. The van der Waals surface area contributed by atoms with Crippen molar-refractivity contribution in [2.24, 2.45) is 0 Å². The van der Waals surface area contributed by atoms with Crippen LogP contribution in [0.1, 0.15) is 0 Å². The van der Waals surface area contributed by atoms with E-state index in [-0.39, 0.29) is 4.90 Å². The van der Waals surface area contributed by atoms with Crippen LogP contribution in [0.4, 0.5) is 11.5 Å². The summed E-state index contributed by atoms with van der Waals surface area (Å²) < 4.78 is 42.7. The number of rotatable bonds is 9. The van der Waals surface area contributed by atoms with Crippen molar-refractivity contribution < 1.29 is 22.6 Å². The van der Waals surface area contributed by atoms with Gasteiger partial charge in [-0.1, -0.05) is 0 Å². The van der Waals surface area contributed by atoms with Crippen molar-refractivity contribution in [2.75, 3.05) is 44.5 Å². The Kier molecular flexibility index (Phi) is 6.43. The summed E-state index contributed by atoms with van der Waals surface area (Å²) in [5.74, 6) is 1.42. The molecule has 0 spiro atoms. The van der Waals surface area contributed by atoms with Crippen LogP contribution in [0.3, 0.4) is 0 Å². The van der Waals surface area contributed by atoms with Crippen LogP contribution in [0.2, 0.25) is 0 Å². The molecule has 2 rings (SSSR count). The van der Waals surface area contributed by atoms with Gasteiger partial charge in [-0.2, -0.15) is 0 Å². The molecule has 1 aromatic heterocycles. The number of ether oxygens (including phenoxy) is 3. The highest BCUT2D eigenvalue weighted by molar-refractivity contribution is 7.92. The van der Waals surface area contributed by atoms with Crippen molar-refractivity contribution >= 4 is 21.5 Å². The standard InChI is InChI=1S/C16H21N3O5S/c1-22-9-8-17-16-7-4-12(11-18-16)19-25(20,21)13-5-6-14(23-2)15(10-13)24-3/h4-7,10-11,19H,8-9H2,1-3H3,(H,17,18). The Morgan fingerprint density at radius 3 is 2.40 bits per heavy atom. The molecule has 0 aliphatic rings. The van der Waals surface area contributed by atoms with Gasteiger partial charge in [0.2, 0.25) is 0 Å². The summed E-state index contributed by atoms with van der Waals surface area (Å²) in [4.78, 5) is 4.21. The van der Waals surface area contributed by atoms with E-state index in [1.807, 2.05) is 0 Å². The molecule has 9 heteroatoms. The predicted octanol–water partition coefficient (Wildman–Crippen LogP) is 1.96. The fraction of sp³-hybridized carbons (Fsp3) is 0.312. The molecule has 0 fully saturated rings. The average molecular weight is 367 g/mol. The molecule has 0 aliphatic heterocycles. The Balaban J connectivity index is 2.13. The van der Waals surface area contributed by atoms with Gasteiger partial charge >= 0.3 is 0 Å². The van der Waals surface area contributed by atoms with E-state index in [2.05, 4.69) is 15.0 Å². The number of nitrogens with zero attached hydrogens (tertiary/aromatic N) is 1. The third kappa shape index (κ3) is 4.97. The van der Waals surface area contributed by atoms with Crippen molar-refractivity contribution in [2.45, 2.75) is 4.90 Å². The lowest BCUT2D eigenvalue weighted by atomic mass is 10.3. The smallest absolute Gasteiger partial charge is 0.262 e. The van der Waals surface area contributed by atoms with Crippen molar-refractivity contribution in [3.8, 4) is 11.5 Å². The maximum atomic E-state index is 12.5. The second kappa shape index (κ2) is 8.54. The lowest BCUT2D eigenvalue weighted by Gasteiger charge is -2.12. The van der Waals surface area contributed by atoms with E-state index in [1.54, 1.807) is 19.2 Å². The minimum Gasteiger partial charge on any atom is -0.493 e. The zero-order valence-electron chi connectivity index (χ0n) is 14.3. The number of nitrogens with one attached hydrogen (secondary N) is 2. The Labute approximate surface area is 147 Å². The van der Waals surface area contributed by atoms with Gasteiger partial charge in [-0.25, -0.2) is 13.4 Å². The van der Waals surface area contributed by atoms with Gasteiger partial charge in [0.15, 0.2) is 11.5 Å². The summed E-state index contributed by atoms with van der Waals surface area (Å²) in [5.41, 5.74) is 0.354. The number of hydrogen-bond acceptors (Lipinski definition) is 7. The van der Waals surface area contributed by atoms with Crippen LogP contribution in [-0.2, 0) is 14.8 Å². The minimum atomic E-state index is -3.77. The Hall–Kier alpha value is -2.52. The third-order valence-electron chi connectivity index (χ3n) is 3.29. The Morgan fingerprint density at radius 2 is 1.80 bits per heavy atom. The number of sulfonamides is 1. The van der Waals surface area contributed by atoms with Gasteiger partial charge in [-0.05, 0) is 24.3 Å². The van der Waals surface area contributed by atoms with Crippen LogP contribution in [0.25, 0.3) is 0 Å². The zero-order chi connectivity index (χ0) is 18.3. The van der Waals surface area contributed by atoms with Gasteiger partial charge in [-0.3, -0.25) is 4.72 Å². The monoisotopic (exact) mass is 367 g/mol. The van der Waals surface area contributed by atoms with E-state index in [9.17, 15) is 8.42 Å². The number of benzene rings is 1. The fourth-order valence-electron chi connectivity index (χ4n) is 2.04. The van der Waals surface area contributed by atoms with Crippen LogP contribution in [0.15, 0.2) is 41.4 Å². The largest absolute Gasteiger partial charge is 0.493 e. The van der Waals surface area contributed by atoms with Gasteiger partial charge < -0.3 is 19.5 Å². The summed E-state index contributed by atoms with van der Waals surface area (Å²) >= 11 is 0. The highest BCUT2D eigenvalue weighted by Crippen LogP contribution is 2.30. The second-order valence-electron chi connectivity index (χ2n) is 4.97. The van der Waals surface area contributed by atoms with E-state index in [4.69, 9.17) is 14.2 Å². The summed E-state index contributed by atoms with van der Waals surface area (Å²) in [7, 11) is 0.771. The molecule has 2 N–H and O–H groups in total. The van der Waals surface area contributed by atoms with E-state index in [0.717, 1.165) is 0 Å². The molecule has 25 heavy (non-hydrogen) atoms. The second-order valence-corrected chi connectivity index (χ2v) is 6.66. The summed E-state index contributed by atoms with van der Waals surface area (Å²) in [6, 6.07) is 7.68. The molecule has 0 amide bonds. The average Bonchev–Trinajstić information content (AvgIpc) is 2.62. The number of pyridine rings is 1. The molecule has 0 saturated carbocycles. The maximum absolute atomic E-state index is 12.5. The van der Waals surface area contributed by atoms with Crippen molar-refractivity contribution in [1.29, 1.82) is 0 Å². The molecular weight excluding hydrogens is 346 g/mol. The summed E-state index contributed by atoms with van der Waals surface area (Å²) in [6.45, 7) is 1.16. The van der Waals surface area contributed by atoms with E-state index in [1.165, 1.54) is 38.6 Å².